The third-order valence-corrected chi connectivity index (χ3v) is 3.72. The van der Waals surface area contributed by atoms with Crippen molar-refractivity contribution < 1.29 is 4.74 Å². The number of hydrogen-bond acceptors (Lipinski definition) is 2. The van der Waals surface area contributed by atoms with Crippen molar-refractivity contribution in [3.05, 3.63) is 58.1 Å². The van der Waals surface area contributed by atoms with Crippen LogP contribution < -0.4 is 10.1 Å². The van der Waals surface area contributed by atoms with Gasteiger partial charge in [0.25, 0.3) is 0 Å². The van der Waals surface area contributed by atoms with Crippen LogP contribution in [0.4, 0.5) is 5.69 Å². The number of methoxy groups -OCH3 is 1. The van der Waals surface area contributed by atoms with E-state index in [0.29, 0.717) is 10.0 Å². The summed E-state index contributed by atoms with van der Waals surface area (Å²) in [5, 5.41) is 4.80. The monoisotopic (exact) mass is 309 g/mol. The Labute approximate surface area is 129 Å². The van der Waals surface area contributed by atoms with E-state index in [1.165, 1.54) is 0 Å². The molecule has 1 atom stereocenters. The molecule has 0 fully saturated rings. The van der Waals surface area contributed by atoms with Crippen LogP contribution in [0.5, 0.6) is 5.75 Å². The Morgan fingerprint density at radius 1 is 1.15 bits per heavy atom. The first-order chi connectivity index (χ1) is 9.63. The molecule has 2 rings (SSSR count). The van der Waals surface area contributed by atoms with E-state index in [-0.39, 0.29) is 6.04 Å². The molecule has 0 amide bonds. The lowest BCUT2D eigenvalue weighted by Gasteiger charge is -2.20. The van der Waals surface area contributed by atoms with Gasteiger partial charge in [-0.1, -0.05) is 42.3 Å². The molecule has 106 valence electrons. The summed E-state index contributed by atoms with van der Waals surface area (Å²) < 4.78 is 5.23. The highest BCUT2D eigenvalue weighted by Gasteiger charge is 2.13. The molecule has 20 heavy (non-hydrogen) atoms. The van der Waals surface area contributed by atoms with Crippen molar-refractivity contribution in [3.63, 3.8) is 0 Å². The standard InChI is InChI=1S/C16H17Cl2NO/c1-3-16(14-8-7-11(17)9-15(14)18)19-12-5-4-6-13(10-12)20-2/h4-10,16,19H,3H2,1-2H3. The van der Waals surface area contributed by atoms with E-state index in [0.717, 1.165) is 23.4 Å². The zero-order chi connectivity index (χ0) is 14.5. The Bertz CT molecular complexity index is 586. The smallest absolute Gasteiger partial charge is 0.120 e. The van der Waals surface area contributed by atoms with E-state index in [2.05, 4.69) is 12.2 Å². The lowest BCUT2D eigenvalue weighted by Crippen LogP contribution is -2.10. The minimum atomic E-state index is 0.131. The molecule has 0 spiro atoms. The first-order valence-corrected chi connectivity index (χ1v) is 7.25. The van der Waals surface area contributed by atoms with Gasteiger partial charge in [0, 0.05) is 21.8 Å². The second-order valence-corrected chi connectivity index (χ2v) is 5.35. The first kappa shape index (κ1) is 15.0. The predicted molar refractivity (Wildman–Crippen MR) is 86.1 cm³/mol. The van der Waals surface area contributed by atoms with Crippen LogP contribution in [0.2, 0.25) is 10.0 Å². The predicted octanol–water partition coefficient (Wildman–Crippen LogP) is 5.57. The second-order valence-electron chi connectivity index (χ2n) is 4.50. The number of hydrogen-bond donors (Lipinski definition) is 1. The van der Waals surface area contributed by atoms with E-state index < -0.39 is 0 Å². The zero-order valence-electron chi connectivity index (χ0n) is 11.5. The fraction of sp³-hybridized carbons (Fsp3) is 0.250. The van der Waals surface area contributed by atoms with Gasteiger partial charge in [0.1, 0.15) is 5.75 Å². The van der Waals surface area contributed by atoms with Gasteiger partial charge in [0.05, 0.1) is 13.2 Å². The van der Waals surface area contributed by atoms with Gasteiger partial charge in [-0.2, -0.15) is 0 Å². The maximum atomic E-state index is 6.28. The number of nitrogens with one attached hydrogen (secondary N) is 1. The topological polar surface area (TPSA) is 21.3 Å². The van der Waals surface area contributed by atoms with E-state index in [1.807, 2.05) is 36.4 Å². The second kappa shape index (κ2) is 6.87. The van der Waals surface area contributed by atoms with Crippen LogP contribution in [-0.4, -0.2) is 7.11 Å². The van der Waals surface area contributed by atoms with Gasteiger partial charge in [-0.05, 0) is 36.2 Å². The summed E-state index contributed by atoms with van der Waals surface area (Å²) in [6.45, 7) is 2.11. The molecule has 0 aliphatic carbocycles. The van der Waals surface area contributed by atoms with E-state index in [4.69, 9.17) is 27.9 Å². The fourth-order valence-electron chi connectivity index (χ4n) is 2.10. The average molecular weight is 310 g/mol. The molecule has 0 bridgehead atoms. The maximum absolute atomic E-state index is 6.28. The van der Waals surface area contributed by atoms with Crippen LogP contribution in [0.25, 0.3) is 0 Å². The van der Waals surface area contributed by atoms with Crippen LogP contribution in [0.1, 0.15) is 24.9 Å². The van der Waals surface area contributed by atoms with Crippen molar-refractivity contribution in [3.8, 4) is 5.75 Å². The quantitative estimate of drug-likeness (QED) is 0.780. The molecule has 4 heteroatoms. The normalized spacial score (nSPS) is 12.0. The molecule has 1 unspecified atom stereocenters. The van der Waals surface area contributed by atoms with E-state index in [9.17, 15) is 0 Å². The maximum Gasteiger partial charge on any atom is 0.120 e. The molecule has 0 heterocycles. The molecule has 1 N–H and O–H groups in total. The summed E-state index contributed by atoms with van der Waals surface area (Å²) >= 11 is 12.2. The van der Waals surface area contributed by atoms with E-state index >= 15 is 0 Å². The third-order valence-electron chi connectivity index (χ3n) is 3.16. The zero-order valence-corrected chi connectivity index (χ0v) is 13.0. The van der Waals surface area contributed by atoms with Gasteiger partial charge in [-0.15, -0.1) is 0 Å². The first-order valence-electron chi connectivity index (χ1n) is 6.49. The van der Waals surface area contributed by atoms with Gasteiger partial charge in [-0.3, -0.25) is 0 Å². The summed E-state index contributed by atoms with van der Waals surface area (Å²) in [5.74, 6) is 0.826. The molecule has 0 radical (unpaired) electrons. The molecule has 2 aromatic carbocycles. The minimum absolute atomic E-state index is 0.131. The summed E-state index contributed by atoms with van der Waals surface area (Å²) in [7, 11) is 1.66. The van der Waals surface area contributed by atoms with Crippen molar-refractivity contribution >= 4 is 28.9 Å². The third kappa shape index (κ3) is 3.59. The van der Waals surface area contributed by atoms with Crippen LogP contribution in [0.15, 0.2) is 42.5 Å². The van der Waals surface area contributed by atoms with Gasteiger partial charge in [-0.25, -0.2) is 0 Å². The van der Waals surface area contributed by atoms with E-state index in [1.54, 1.807) is 13.2 Å². The van der Waals surface area contributed by atoms with Crippen LogP contribution >= 0.6 is 23.2 Å². The SMILES string of the molecule is CCC(Nc1cccc(OC)c1)c1ccc(Cl)cc1Cl. The molecular formula is C16H17Cl2NO. The Balaban J connectivity index is 2.23. The highest BCUT2D eigenvalue weighted by molar-refractivity contribution is 6.35. The largest absolute Gasteiger partial charge is 0.497 e. The van der Waals surface area contributed by atoms with Gasteiger partial charge >= 0.3 is 0 Å². The Morgan fingerprint density at radius 3 is 2.60 bits per heavy atom. The molecule has 0 aromatic heterocycles. The summed E-state index contributed by atoms with van der Waals surface area (Å²) in [6, 6.07) is 13.6. The fourth-order valence-corrected chi connectivity index (χ4v) is 2.64. The molecule has 0 saturated carbocycles. The van der Waals surface area contributed by atoms with Gasteiger partial charge in [0.2, 0.25) is 0 Å². The number of anilines is 1. The lowest BCUT2D eigenvalue weighted by atomic mass is 10.0. The minimum Gasteiger partial charge on any atom is -0.497 e. The van der Waals surface area contributed by atoms with Gasteiger partial charge in [0.15, 0.2) is 0 Å². The molecule has 2 nitrogen and oxygen atoms in total. The Morgan fingerprint density at radius 2 is 1.95 bits per heavy atom. The van der Waals surface area contributed by atoms with Crippen LogP contribution in [0, 0.1) is 0 Å². The lowest BCUT2D eigenvalue weighted by molar-refractivity contribution is 0.415. The molecular weight excluding hydrogens is 293 g/mol. The summed E-state index contributed by atoms with van der Waals surface area (Å²) in [4.78, 5) is 0. The van der Waals surface area contributed by atoms with Gasteiger partial charge < -0.3 is 10.1 Å². The molecule has 0 aliphatic rings. The Hall–Kier alpha value is -1.38. The summed E-state index contributed by atoms with van der Waals surface area (Å²) in [6.07, 6.45) is 0.915. The van der Waals surface area contributed by atoms with Crippen LogP contribution in [0.3, 0.4) is 0 Å². The number of benzene rings is 2. The molecule has 2 aromatic rings. The highest BCUT2D eigenvalue weighted by atomic mass is 35.5. The van der Waals surface area contributed by atoms with Crippen molar-refractivity contribution in [2.75, 3.05) is 12.4 Å². The van der Waals surface area contributed by atoms with Crippen molar-refractivity contribution in [1.29, 1.82) is 0 Å². The number of rotatable bonds is 5. The van der Waals surface area contributed by atoms with Crippen molar-refractivity contribution in [1.82, 2.24) is 0 Å². The Kier molecular flexibility index (Phi) is 5.16. The van der Waals surface area contributed by atoms with Crippen molar-refractivity contribution in [2.45, 2.75) is 19.4 Å². The number of ether oxygens (including phenoxy) is 1. The molecule has 0 aliphatic heterocycles. The van der Waals surface area contributed by atoms with Crippen molar-refractivity contribution in [2.24, 2.45) is 0 Å². The molecule has 0 saturated heterocycles. The average Bonchev–Trinajstić information content (AvgIpc) is 2.45. The number of halogens is 2. The summed E-state index contributed by atoms with van der Waals surface area (Å²) in [5.41, 5.74) is 2.05. The van der Waals surface area contributed by atoms with Crippen LogP contribution in [-0.2, 0) is 0 Å². The highest BCUT2D eigenvalue weighted by Crippen LogP contribution is 2.31.